The zero-order chi connectivity index (χ0) is 14.1. The molecule has 0 aromatic heterocycles. The van der Waals surface area contributed by atoms with E-state index in [9.17, 15) is 9.90 Å². The molecule has 1 N–H and O–H groups in total. The van der Waals surface area contributed by atoms with E-state index in [1.54, 1.807) is 25.3 Å². The van der Waals surface area contributed by atoms with E-state index in [1.165, 1.54) is 0 Å². The molecule has 0 aliphatic heterocycles. The zero-order valence-corrected chi connectivity index (χ0v) is 11.1. The van der Waals surface area contributed by atoms with Crippen molar-refractivity contribution in [2.75, 3.05) is 7.11 Å². The normalized spacial score (nSPS) is 15.4. The highest BCUT2D eigenvalue weighted by atomic mass is 16.5. The van der Waals surface area contributed by atoms with E-state index in [0.29, 0.717) is 23.1 Å². The molecule has 0 radical (unpaired) electrons. The molecule has 0 heterocycles. The first kappa shape index (κ1) is 12.5. The maximum atomic E-state index is 12.3. The molecule has 3 heteroatoms. The van der Waals surface area contributed by atoms with Gasteiger partial charge < -0.3 is 9.84 Å². The number of phenols is 1. The van der Waals surface area contributed by atoms with Gasteiger partial charge in [0.2, 0.25) is 0 Å². The summed E-state index contributed by atoms with van der Waals surface area (Å²) < 4.78 is 5.29. The molecular weight excluding hydrogens is 252 g/mol. The lowest BCUT2D eigenvalue weighted by Gasteiger charge is -2.04. The molecule has 3 rings (SSSR count). The van der Waals surface area contributed by atoms with Crippen LogP contribution in [0.1, 0.15) is 21.5 Å². The first-order valence-electron chi connectivity index (χ1n) is 6.40. The van der Waals surface area contributed by atoms with Gasteiger partial charge in [-0.2, -0.15) is 0 Å². The van der Waals surface area contributed by atoms with Crippen LogP contribution in [-0.2, 0) is 6.42 Å². The van der Waals surface area contributed by atoms with Crippen molar-refractivity contribution in [2.45, 2.75) is 6.42 Å². The number of methoxy groups -OCH3 is 1. The van der Waals surface area contributed by atoms with Crippen molar-refractivity contribution in [3.63, 3.8) is 0 Å². The Morgan fingerprint density at radius 3 is 2.70 bits per heavy atom. The fraction of sp³-hybridized carbons (Fsp3) is 0.118. The van der Waals surface area contributed by atoms with Crippen LogP contribution in [0.3, 0.4) is 0 Å². The molecular formula is C17H14O3. The number of carbonyl (C=O) groups is 1. The van der Waals surface area contributed by atoms with E-state index in [1.807, 2.05) is 30.3 Å². The number of aromatic hydroxyl groups is 1. The number of phenolic OH excluding ortho intramolecular Hbond substituents is 1. The summed E-state index contributed by atoms with van der Waals surface area (Å²) >= 11 is 0. The molecule has 20 heavy (non-hydrogen) atoms. The Morgan fingerprint density at radius 1 is 1.15 bits per heavy atom. The lowest BCUT2D eigenvalue weighted by atomic mass is 10.1. The number of allylic oxidation sites excluding steroid dienone is 1. The number of para-hydroxylation sites is 1. The molecule has 0 saturated carbocycles. The second-order valence-electron chi connectivity index (χ2n) is 4.72. The molecule has 0 bridgehead atoms. The fourth-order valence-corrected chi connectivity index (χ4v) is 2.51. The van der Waals surface area contributed by atoms with E-state index in [2.05, 4.69) is 0 Å². The van der Waals surface area contributed by atoms with E-state index in [-0.39, 0.29) is 11.5 Å². The summed E-state index contributed by atoms with van der Waals surface area (Å²) in [5.74, 6) is 0.883. The van der Waals surface area contributed by atoms with Gasteiger partial charge in [-0.1, -0.05) is 30.3 Å². The van der Waals surface area contributed by atoms with Gasteiger partial charge >= 0.3 is 0 Å². The summed E-state index contributed by atoms with van der Waals surface area (Å²) in [6.45, 7) is 0. The van der Waals surface area contributed by atoms with Gasteiger partial charge in [0.15, 0.2) is 5.78 Å². The van der Waals surface area contributed by atoms with Crippen molar-refractivity contribution in [3.05, 3.63) is 64.7 Å². The summed E-state index contributed by atoms with van der Waals surface area (Å²) in [5.41, 5.74) is 2.83. The van der Waals surface area contributed by atoms with Crippen LogP contribution < -0.4 is 4.74 Å². The molecule has 0 unspecified atom stereocenters. The fourth-order valence-electron chi connectivity index (χ4n) is 2.51. The highest BCUT2D eigenvalue weighted by Gasteiger charge is 2.27. The number of ketones is 1. The third kappa shape index (κ3) is 1.97. The highest BCUT2D eigenvalue weighted by Crippen LogP contribution is 2.34. The van der Waals surface area contributed by atoms with Gasteiger partial charge in [-0.25, -0.2) is 0 Å². The Hall–Kier alpha value is -2.55. The van der Waals surface area contributed by atoms with Gasteiger partial charge in [-0.05, 0) is 18.2 Å². The van der Waals surface area contributed by atoms with Crippen LogP contribution in [0.2, 0.25) is 0 Å². The monoisotopic (exact) mass is 266 g/mol. The number of fused-ring (bicyclic) bond motifs is 1. The quantitative estimate of drug-likeness (QED) is 0.849. The minimum Gasteiger partial charge on any atom is -0.508 e. The third-order valence-electron chi connectivity index (χ3n) is 3.52. The minimum absolute atomic E-state index is 0.0261. The highest BCUT2D eigenvalue weighted by molar-refractivity contribution is 6.16. The first-order valence-corrected chi connectivity index (χ1v) is 6.40. The standard InChI is InChI=1S/C17H14O3/c1-20-16-8-3-2-5-11(16)9-12-10-14-13(17(12)19)6-4-7-15(14)18/h2-9,18H,10H2,1H3/b12-9+. The Kier molecular flexibility index (Phi) is 3.03. The summed E-state index contributed by atoms with van der Waals surface area (Å²) in [6, 6.07) is 12.6. The molecule has 3 nitrogen and oxygen atoms in total. The van der Waals surface area contributed by atoms with Crippen molar-refractivity contribution >= 4 is 11.9 Å². The third-order valence-corrected chi connectivity index (χ3v) is 3.52. The molecule has 0 saturated heterocycles. The molecule has 1 aliphatic carbocycles. The average molecular weight is 266 g/mol. The minimum atomic E-state index is -0.0261. The summed E-state index contributed by atoms with van der Waals surface area (Å²) in [6.07, 6.45) is 2.29. The lowest BCUT2D eigenvalue weighted by molar-refractivity contribution is 0.104. The van der Waals surface area contributed by atoms with Crippen molar-refractivity contribution in [1.29, 1.82) is 0 Å². The number of ether oxygens (including phenoxy) is 1. The summed E-state index contributed by atoms with van der Waals surface area (Å²) in [4.78, 5) is 12.3. The molecule has 2 aromatic carbocycles. The van der Waals surface area contributed by atoms with Gasteiger partial charge in [0.05, 0.1) is 7.11 Å². The van der Waals surface area contributed by atoms with E-state index < -0.39 is 0 Å². The molecule has 0 atom stereocenters. The van der Waals surface area contributed by atoms with Crippen LogP contribution in [-0.4, -0.2) is 18.0 Å². The predicted molar refractivity (Wildman–Crippen MR) is 77.1 cm³/mol. The van der Waals surface area contributed by atoms with Crippen molar-refractivity contribution in [2.24, 2.45) is 0 Å². The van der Waals surface area contributed by atoms with Gasteiger partial charge in [0.1, 0.15) is 11.5 Å². The van der Waals surface area contributed by atoms with E-state index >= 15 is 0 Å². The van der Waals surface area contributed by atoms with Gasteiger partial charge in [0, 0.05) is 28.7 Å². The average Bonchev–Trinajstić information content (AvgIpc) is 2.78. The zero-order valence-electron chi connectivity index (χ0n) is 11.1. The van der Waals surface area contributed by atoms with Crippen LogP contribution in [0.4, 0.5) is 0 Å². The van der Waals surface area contributed by atoms with Crippen LogP contribution >= 0.6 is 0 Å². The molecule has 0 spiro atoms. The van der Waals surface area contributed by atoms with Crippen molar-refractivity contribution in [3.8, 4) is 11.5 Å². The second-order valence-corrected chi connectivity index (χ2v) is 4.72. The first-order chi connectivity index (χ1) is 9.70. The number of Topliss-reactive ketones (excluding diaryl/α,β-unsaturated/α-hetero) is 1. The van der Waals surface area contributed by atoms with Gasteiger partial charge in [0.25, 0.3) is 0 Å². The second kappa shape index (κ2) is 4.85. The lowest BCUT2D eigenvalue weighted by Crippen LogP contribution is -1.95. The van der Waals surface area contributed by atoms with Crippen molar-refractivity contribution < 1.29 is 14.6 Å². The maximum Gasteiger partial charge on any atom is 0.189 e. The predicted octanol–water partition coefficient (Wildman–Crippen LogP) is 3.22. The Balaban J connectivity index is 2.04. The van der Waals surface area contributed by atoms with E-state index in [0.717, 1.165) is 11.3 Å². The molecule has 1 aliphatic rings. The van der Waals surface area contributed by atoms with Gasteiger partial charge in [-0.3, -0.25) is 4.79 Å². The SMILES string of the molecule is COc1ccccc1/C=C1\Cc2c(O)cccc2C1=O. The number of benzene rings is 2. The number of hydrogen-bond acceptors (Lipinski definition) is 3. The molecule has 0 amide bonds. The Labute approximate surface area is 117 Å². The molecule has 0 fully saturated rings. The van der Waals surface area contributed by atoms with Crippen LogP contribution in [0.5, 0.6) is 11.5 Å². The Morgan fingerprint density at radius 2 is 1.95 bits per heavy atom. The smallest absolute Gasteiger partial charge is 0.189 e. The molecule has 100 valence electrons. The number of rotatable bonds is 2. The topological polar surface area (TPSA) is 46.5 Å². The largest absolute Gasteiger partial charge is 0.508 e. The van der Waals surface area contributed by atoms with Crippen molar-refractivity contribution in [1.82, 2.24) is 0 Å². The van der Waals surface area contributed by atoms with Crippen LogP contribution in [0, 0.1) is 0 Å². The van der Waals surface area contributed by atoms with Crippen LogP contribution in [0.25, 0.3) is 6.08 Å². The van der Waals surface area contributed by atoms with Gasteiger partial charge in [-0.15, -0.1) is 0 Å². The van der Waals surface area contributed by atoms with E-state index in [4.69, 9.17) is 4.74 Å². The maximum absolute atomic E-state index is 12.3. The van der Waals surface area contributed by atoms with Crippen LogP contribution in [0.15, 0.2) is 48.0 Å². The summed E-state index contributed by atoms with van der Waals surface area (Å²) in [7, 11) is 1.61. The molecule has 2 aromatic rings. The summed E-state index contributed by atoms with van der Waals surface area (Å²) in [5, 5.41) is 9.83. The number of carbonyl (C=O) groups excluding carboxylic acids is 1. The Bertz CT molecular complexity index is 714. The number of hydrogen-bond donors (Lipinski definition) is 1.